The van der Waals surface area contributed by atoms with Crippen molar-refractivity contribution in [2.45, 2.75) is 32.9 Å². The lowest BCUT2D eigenvalue weighted by Gasteiger charge is -2.33. The number of likely N-dealkylation sites (tertiary alicyclic amines) is 1. The van der Waals surface area contributed by atoms with Gasteiger partial charge in [0.05, 0.1) is 19.6 Å². The highest BCUT2D eigenvalue weighted by Crippen LogP contribution is 2.25. The average molecular weight is 532 g/mol. The molecule has 1 N–H and O–H groups in total. The summed E-state index contributed by atoms with van der Waals surface area (Å²) in [7, 11) is 1.39. The molecule has 1 aliphatic heterocycles. The van der Waals surface area contributed by atoms with Gasteiger partial charge in [0.15, 0.2) is 5.96 Å². The zero-order valence-corrected chi connectivity index (χ0v) is 18.9. The first kappa shape index (κ1) is 24.7. The molecule has 0 radical (unpaired) electrons. The van der Waals surface area contributed by atoms with E-state index in [0.717, 1.165) is 0 Å². The van der Waals surface area contributed by atoms with E-state index in [1.807, 2.05) is 11.8 Å². The number of piperidine rings is 1. The third-order valence-corrected chi connectivity index (χ3v) is 4.54. The van der Waals surface area contributed by atoms with Crippen LogP contribution in [-0.4, -0.2) is 50.2 Å². The van der Waals surface area contributed by atoms with Gasteiger partial charge in [-0.15, -0.1) is 24.0 Å². The monoisotopic (exact) mass is 531 g/mol. The number of guanidine groups is 1. The number of esters is 1. The number of nitrogens with one attached hydrogen (secondary N) is 1. The third kappa shape index (κ3) is 7.23. The zero-order valence-electron chi connectivity index (χ0n) is 15.8. The summed E-state index contributed by atoms with van der Waals surface area (Å²) in [5, 5.41) is 3.62. The fraction of sp³-hybridized carbons (Fsp3) is 0.556. The number of alkyl halides is 2. The number of aliphatic imine (C=N–C) groups is 1. The summed E-state index contributed by atoms with van der Waals surface area (Å²) in [6.07, 6.45) is 1.35. The van der Waals surface area contributed by atoms with E-state index in [1.54, 1.807) is 6.07 Å². The lowest BCUT2D eigenvalue weighted by Crippen LogP contribution is -2.46. The summed E-state index contributed by atoms with van der Waals surface area (Å²) >= 11 is 5.98. The molecule has 0 aromatic heterocycles. The van der Waals surface area contributed by atoms with E-state index in [4.69, 9.17) is 16.3 Å². The van der Waals surface area contributed by atoms with Crippen LogP contribution in [0.2, 0.25) is 5.02 Å². The summed E-state index contributed by atoms with van der Waals surface area (Å²) in [5.74, 6) is 0.416. The van der Waals surface area contributed by atoms with Crippen molar-refractivity contribution in [3.63, 3.8) is 0 Å². The number of halogens is 4. The molecule has 10 heteroatoms. The van der Waals surface area contributed by atoms with Crippen molar-refractivity contribution in [2.24, 2.45) is 10.9 Å². The van der Waals surface area contributed by atoms with Crippen molar-refractivity contribution in [2.75, 3.05) is 26.7 Å². The Labute approximate surface area is 185 Å². The number of nitrogens with zero attached hydrogens (tertiary/aromatic N) is 2. The molecule has 1 aromatic carbocycles. The van der Waals surface area contributed by atoms with Crippen LogP contribution in [0.1, 0.15) is 25.3 Å². The molecular formula is C18H25ClF2IN3O3. The van der Waals surface area contributed by atoms with Crippen LogP contribution in [-0.2, 0) is 16.1 Å². The van der Waals surface area contributed by atoms with Crippen LogP contribution in [0.4, 0.5) is 8.78 Å². The fourth-order valence-corrected chi connectivity index (χ4v) is 3.16. The Bertz CT molecular complexity index is 671. The standard InChI is InChI=1S/C18H24ClF2N3O3.HI/c1-3-22-18(24-8-6-12(7-9-24)16(25)26-2)23-11-13-10-14(19)4-5-15(13)27-17(20)21;/h4-5,10,12,17H,3,6-9,11H2,1-2H3,(H,22,23);1H. The van der Waals surface area contributed by atoms with E-state index in [-0.39, 0.29) is 48.2 Å². The van der Waals surface area contributed by atoms with Gasteiger partial charge >= 0.3 is 12.6 Å². The van der Waals surface area contributed by atoms with Gasteiger partial charge < -0.3 is 19.7 Å². The quantitative estimate of drug-likeness (QED) is 0.261. The molecule has 1 fully saturated rings. The second kappa shape index (κ2) is 12.3. The molecule has 2 rings (SSSR count). The number of hydrogen-bond acceptors (Lipinski definition) is 4. The highest BCUT2D eigenvalue weighted by molar-refractivity contribution is 14.0. The van der Waals surface area contributed by atoms with E-state index in [2.05, 4.69) is 15.0 Å². The van der Waals surface area contributed by atoms with Crippen LogP contribution in [0.15, 0.2) is 23.2 Å². The Kier molecular flexibility index (Phi) is 10.8. The van der Waals surface area contributed by atoms with Gasteiger partial charge in [0, 0.05) is 30.2 Å². The minimum Gasteiger partial charge on any atom is -0.469 e. The van der Waals surface area contributed by atoms with Crippen molar-refractivity contribution in [3.8, 4) is 5.75 Å². The second-order valence-corrected chi connectivity index (χ2v) is 6.52. The molecular weight excluding hydrogens is 507 g/mol. The Balaban J connectivity index is 0.00000392. The Morgan fingerprint density at radius 3 is 2.64 bits per heavy atom. The highest BCUT2D eigenvalue weighted by Gasteiger charge is 2.27. The van der Waals surface area contributed by atoms with Crippen LogP contribution in [0.5, 0.6) is 5.75 Å². The maximum atomic E-state index is 12.6. The zero-order chi connectivity index (χ0) is 19.8. The normalized spacial score (nSPS) is 15.2. The Hall–Kier alpha value is -1.36. The molecule has 0 amide bonds. The van der Waals surface area contributed by atoms with Crippen LogP contribution < -0.4 is 10.1 Å². The number of benzene rings is 1. The number of carbonyl (C=O) groups excluding carboxylic acids is 1. The third-order valence-electron chi connectivity index (χ3n) is 4.30. The molecule has 158 valence electrons. The van der Waals surface area contributed by atoms with Crippen molar-refractivity contribution in [3.05, 3.63) is 28.8 Å². The highest BCUT2D eigenvalue weighted by atomic mass is 127. The lowest BCUT2D eigenvalue weighted by atomic mass is 9.97. The summed E-state index contributed by atoms with van der Waals surface area (Å²) < 4.78 is 34.5. The number of carbonyl (C=O) groups is 1. The predicted molar refractivity (Wildman–Crippen MR) is 115 cm³/mol. The first-order chi connectivity index (χ1) is 12.9. The van der Waals surface area contributed by atoms with Gasteiger partial charge in [-0.3, -0.25) is 4.79 Å². The van der Waals surface area contributed by atoms with Crippen molar-refractivity contribution < 1.29 is 23.0 Å². The molecule has 0 aliphatic carbocycles. The van der Waals surface area contributed by atoms with Gasteiger partial charge in [-0.25, -0.2) is 4.99 Å². The maximum absolute atomic E-state index is 12.6. The molecule has 0 unspecified atom stereocenters. The smallest absolute Gasteiger partial charge is 0.387 e. The van der Waals surface area contributed by atoms with Gasteiger partial charge in [-0.05, 0) is 38.0 Å². The second-order valence-electron chi connectivity index (χ2n) is 6.09. The van der Waals surface area contributed by atoms with Crippen molar-refractivity contribution in [1.82, 2.24) is 10.2 Å². The van der Waals surface area contributed by atoms with Crippen LogP contribution >= 0.6 is 35.6 Å². The van der Waals surface area contributed by atoms with E-state index >= 15 is 0 Å². The molecule has 28 heavy (non-hydrogen) atoms. The Morgan fingerprint density at radius 1 is 1.39 bits per heavy atom. The summed E-state index contributed by atoms with van der Waals surface area (Å²) in [6.45, 7) is 1.14. The molecule has 0 bridgehead atoms. The van der Waals surface area contributed by atoms with E-state index < -0.39 is 6.61 Å². The van der Waals surface area contributed by atoms with Gasteiger partial charge in [-0.1, -0.05) is 11.6 Å². The molecule has 1 heterocycles. The summed E-state index contributed by atoms with van der Waals surface area (Å²) in [6, 6.07) is 4.47. The lowest BCUT2D eigenvalue weighted by molar-refractivity contribution is -0.146. The average Bonchev–Trinajstić information content (AvgIpc) is 2.66. The molecule has 1 saturated heterocycles. The molecule has 0 saturated carbocycles. The molecule has 1 aromatic rings. The van der Waals surface area contributed by atoms with Crippen LogP contribution in [0, 0.1) is 5.92 Å². The predicted octanol–water partition coefficient (Wildman–Crippen LogP) is 3.91. The van der Waals surface area contributed by atoms with Gasteiger partial charge in [0.1, 0.15) is 5.75 Å². The first-order valence-electron chi connectivity index (χ1n) is 8.79. The number of hydrogen-bond donors (Lipinski definition) is 1. The minimum atomic E-state index is -2.92. The van der Waals surface area contributed by atoms with Crippen molar-refractivity contribution in [1.29, 1.82) is 0 Å². The van der Waals surface area contributed by atoms with Gasteiger partial charge in [0.25, 0.3) is 0 Å². The minimum absolute atomic E-state index is 0. The number of methoxy groups -OCH3 is 1. The number of rotatable bonds is 6. The summed E-state index contributed by atoms with van der Waals surface area (Å²) in [5.41, 5.74) is 0.475. The molecule has 1 aliphatic rings. The Morgan fingerprint density at radius 2 is 2.07 bits per heavy atom. The molecule has 0 spiro atoms. The molecule has 6 nitrogen and oxygen atoms in total. The summed E-state index contributed by atoms with van der Waals surface area (Å²) in [4.78, 5) is 18.2. The first-order valence-corrected chi connectivity index (χ1v) is 9.16. The number of ether oxygens (including phenoxy) is 2. The van der Waals surface area contributed by atoms with Gasteiger partial charge in [0.2, 0.25) is 0 Å². The topological polar surface area (TPSA) is 63.2 Å². The fourth-order valence-electron chi connectivity index (χ4n) is 2.96. The van der Waals surface area contributed by atoms with Crippen LogP contribution in [0.3, 0.4) is 0 Å². The van der Waals surface area contributed by atoms with Crippen molar-refractivity contribution >= 4 is 47.5 Å². The molecule has 0 atom stereocenters. The van der Waals surface area contributed by atoms with Gasteiger partial charge in [-0.2, -0.15) is 8.78 Å². The largest absolute Gasteiger partial charge is 0.469 e. The SMILES string of the molecule is CCNC(=NCc1cc(Cl)ccc1OC(F)F)N1CCC(C(=O)OC)CC1.I. The van der Waals surface area contributed by atoms with Crippen LogP contribution in [0.25, 0.3) is 0 Å². The van der Waals surface area contributed by atoms with E-state index in [1.165, 1.54) is 19.2 Å². The van der Waals surface area contributed by atoms with E-state index in [0.29, 0.717) is 49.0 Å². The maximum Gasteiger partial charge on any atom is 0.387 e. The van der Waals surface area contributed by atoms with E-state index in [9.17, 15) is 13.6 Å².